The van der Waals surface area contributed by atoms with Gasteiger partial charge in [0.25, 0.3) is 5.91 Å². The Bertz CT molecular complexity index is 1040. The normalized spacial score (nSPS) is 15.4. The molecule has 0 radical (unpaired) electrons. The highest BCUT2D eigenvalue weighted by Crippen LogP contribution is 2.39. The molecule has 3 aromatic rings. The third kappa shape index (κ3) is 5.71. The number of carbonyl (C=O) groups excluding carboxylic acids is 1. The molecular weight excluding hydrogens is 400 g/mol. The summed E-state index contributed by atoms with van der Waals surface area (Å²) in [6.45, 7) is 0. The lowest BCUT2D eigenvalue weighted by Crippen LogP contribution is -2.15. The monoisotopic (exact) mass is 430 g/mol. The molecular formula is C27H30N2OS. The molecule has 4 rings (SSSR count). The Morgan fingerprint density at radius 1 is 0.839 bits per heavy atom. The third-order valence-corrected chi connectivity index (χ3v) is 6.85. The highest BCUT2D eigenvalue weighted by Gasteiger charge is 2.21. The molecule has 1 N–H and O–H groups in total. The summed E-state index contributed by atoms with van der Waals surface area (Å²) in [5.41, 5.74) is 2.78. The van der Waals surface area contributed by atoms with Gasteiger partial charge >= 0.3 is 0 Å². The Morgan fingerprint density at radius 2 is 1.45 bits per heavy atom. The van der Waals surface area contributed by atoms with Crippen LogP contribution in [0.2, 0.25) is 0 Å². The highest BCUT2D eigenvalue weighted by molar-refractivity contribution is 7.16. The van der Waals surface area contributed by atoms with Crippen LogP contribution in [0.15, 0.2) is 72.2 Å². The molecule has 0 bridgehead atoms. The Kier molecular flexibility index (Phi) is 7.67. The molecule has 1 fully saturated rings. The second-order valence-electron chi connectivity index (χ2n) is 8.21. The Balaban J connectivity index is 1.69. The van der Waals surface area contributed by atoms with Crippen molar-refractivity contribution in [2.75, 3.05) is 5.32 Å². The zero-order chi connectivity index (χ0) is 21.3. The van der Waals surface area contributed by atoms with Crippen molar-refractivity contribution in [1.29, 1.82) is 0 Å². The number of thiophene rings is 1. The Labute approximate surface area is 188 Å². The van der Waals surface area contributed by atoms with E-state index in [1.165, 1.54) is 62.3 Å². The molecule has 1 saturated carbocycles. The minimum absolute atomic E-state index is 0.0976. The highest BCUT2D eigenvalue weighted by atomic mass is 32.1. The van der Waals surface area contributed by atoms with Crippen molar-refractivity contribution in [3.05, 3.63) is 83.4 Å². The van der Waals surface area contributed by atoms with E-state index >= 15 is 0 Å². The van der Waals surface area contributed by atoms with Gasteiger partial charge in [0, 0.05) is 10.9 Å². The standard InChI is InChI=1S/C27H30N2OS/c30-26(22-16-12-8-2-1-3-9-13-17-22)29-24-20-28-27-23(18-19-31-27)25(24)21-14-10-6-4-5-7-11-15-21/h1-3,8-9,12-13,16-21H,4-7,10-11,14-15H2,(H,29,30). The summed E-state index contributed by atoms with van der Waals surface area (Å²) < 4.78 is 0. The molecule has 0 atom stereocenters. The van der Waals surface area contributed by atoms with Crippen LogP contribution in [0.3, 0.4) is 0 Å². The van der Waals surface area contributed by atoms with E-state index in [4.69, 9.17) is 0 Å². The first-order chi connectivity index (χ1) is 15.3. The van der Waals surface area contributed by atoms with Gasteiger partial charge in [-0.15, -0.1) is 11.3 Å². The second kappa shape index (κ2) is 11.1. The van der Waals surface area contributed by atoms with Crippen molar-refractivity contribution < 1.29 is 4.79 Å². The summed E-state index contributed by atoms with van der Waals surface area (Å²) in [6.07, 6.45) is 12.0. The first-order valence-electron chi connectivity index (χ1n) is 11.4. The van der Waals surface area contributed by atoms with Gasteiger partial charge in [0.2, 0.25) is 0 Å². The van der Waals surface area contributed by atoms with Crippen molar-refractivity contribution in [2.24, 2.45) is 0 Å². The number of anilines is 1. The van der Waals surface area contributed by atoms with Crippen LogP contribution in [0.25, 0.3) is 10.2 Å². The first-order valence-corrected chi connectivity index (χ1v) is 12.3. The zero-order valence-corrected chi connectivity index (χ0v) is 18.7. The fourth-order valence-corrected chi connectivity index (χ4v) is 5.20. The molecule has 1 aromatic carbocycles. The van der Waals surface area contributed by atoms with Gasteiger partial charge in [-0.1, -0.05) is 81.0 Å². The molecule has 3 nitrogen and oxygen atoms in total. The van der Waals surface area contributed by atoms with Crippen molar-refractivity contribution in [3.8, 4) is 0 Å². The molecule has 31 heavy (non-hydrogen) atoms. The van der Waals surface area contributed by atoms with Crippen molar-refractivity contribution in [2.45, 2.75) is 57.3 Å². The molecule has 0 aliphatic heterocycles. The lowest BCUT2D eigenvalue weighted by atomic mass is 9.87. The quantitative estimate of drug-likeness (QED) is 0.459. The minimum atomic E-state index is -0.0976. The largest absolute Gasteiger partial charge is 0.320 e. The lowest BCUT2D eigenvalue weighted by molar-refractivity contribution is 0.102. The lowest BCUT2D eigenvalue weighted by Gasteiger charge is -2.21. The number of rotatable bonds is 3. The van der Waals surface area contributed by atoms with Gasteiger partial charge < -0.3 is 5.32 Å². The van der Waals surface area contributed by atoms with Gasteiger partial charge in [0.1, 0.15) is 4.83 Å². The number of aromatic nitrogens is 1. The zero-order valence-electron chi connectivity index (χ0n) is 17.9. The fraction of sp³-hybridized carbons (Fsp3) is 0.333. The molecule has 1 aliphatic rings. The summed E-state index contributed by atoms with van der Waals surface area (Å²) in [6, 6.07) is 19.4. The van der Waals surface area contributed by atoms with E-state index in [1.807, 2.05) is 60.8 Å². The second-order valence-corrected chi connectivity index (χ2v) is 9.11. The van der Waals surface area contributed by atoms with Crippen LogP contribution >= 0.6 is 11.3 Å². The number of hydrogen-bond acceptors (Lipinski definition) is 3. The van der Waals surface area contributed by atoms with Crippen LogP contribution in [0.1, 0.15) is 73.2 Å². The molecule has 0 saturated heterocycles. The van der Waals surface area contributed by atoms with Crippen LogP contribution < -0.4 is 5.32 Å². The van der Waals surface area contributed by atoms with E-state index in [1.54, 1.807) is 11.3 Å². The van der Waals surface area contributed by atoms with Gasteiger partial charge in [0.05, 0.1) is 11.9 Å². The Hall–Kier alpha value is -2.72. The summed E-state index contributed by atoms with van der Waals surface area (Å²) >= 11 is 1.67. The van der Waals surface area contributed by atoms with Crippen molar-refractivity contribution in [3.63, 3.8) is 0 Å². The van der Waals surface area contributed by atoms with Crippen molar-refractivity contribution >= 4 is 33.1 Å². The topological polar surface area (TPSA) is 42.0 Å². The van der Waals surface area contributed by atoms with E-state index < -0.39 is 0 Å². The molecule has 1 aliphatic carbocycles. The van der Waals surface area contributed by atoms with Crippen LogP contribution in [-0.4, -0.2) is 10.9 Å². The molecule has 2 heterocycles. The molecule has 160 valence electrons. The van der Waals surface area contributed by atoms with Gasteiger partial charge in [-0.05, 0) is 47.9 Å². The number of pyridine rings is 1. The molecule has 1 amide bonds. The molecule has 0 unspecified atom stereocenters. The molecule has 2 aromatic heterocycles. The SMILES string of the molecule is O=C(Nc1cnc2sccc2c1C1CCCCCCCC1)c1ccccccccc1. The average molecular weight is 431 g/mol. The van der Waals surface area contributed by atoms with Crippen LogP contribution in [0.5, 0.6) is 0 Å². The predicted molar refractivity (Wildman–Crippen MR) is 131 cm³/mol. The number of nitrogens with one attached hydrogen (secondary N) is 1. The van der Waals surface area contributed by atoms with E-state index in [-0.39, 0.29) is 5.91 Å². The number of amides is 1. The van der Waals surface area contributed by atoms with E-state index in [9.17, 15) is 4.79 Å². The smallest absolute Gasteiger partial charge is 0.255 e. The number of fused-ring (bicyclic) bond motifs is 1. The van der Waals surface area contributed by atoms with Crippen molar-refractivity contribution in [1.82, 2.24) is 4.98 Å². The predicted octanol–water partition coefficient (Wildman–Crippen LogP) is 7.89. The van der Waals surface area contributed by atoms with Gasteiger partial charge in [-0.25, -0.2) is 4.98 Å². The Morgan fingerprint density at radius 3 is 2.13 bits per heavy atom. The van der Waals surface area contributed by atoms with Crippen LogP contribution in [-0.2, 0) is 0 Å². The van der Waals surface area contributed by atoms with Crippen LogP contribution in [0.4, 0.5) is 5.69 Å². The number of hydrogen-bond donors (Lipinski definition) is 1. The minimum Gasteiger partial charge on any atom is -0.320 e. The summed E-state index contributed by atoms with van der Waals surface area (Å²) in [5, 5.41) is 6.52. The van der Waals surface area contributed by atoms with E-state index in [0.717, 1.165) is 10.5 Å². The maximum atomic E-state index is 13.2. The molecule has 4 heteroatoms. The number of nitrogens with zero attached hydrogens (tertiary/aromatic N) is 1. The summed E-state index contributed by atoms with van der Waals surface area (Å²) in [5.74, 6) is 0.370. The maximum absolute atomic E-state index is 13.2. The summed E-state index contributed by atoms with van der Waals surface area (Å²) in [7, 11) is 0. The number of carbonyl (C=O) groups is 1. The fourth-order valence-electron chi connectivity index (χ4n) is 4.45. The van der Waals surface area contributed by atoms with E-state index in [0.29, 0.717) is 11.5 Å². The van der Waals surface area contributed by atoms with Crippen LogP contribution in [0, 0.1) is 0 Å². The molecule has 0 spiro atoms. The summed E-state index contributed by atoms with van der Waals surface area (Å²) in [4.78, 5) is 18.9. The maximum Gasteiger partial charge on any atom is 0.255 e. The van der Waals surface area contributed by atoms with Gasteiger partial charge in [-0.2, -0.15) is 0 Å². The average Bonchev–Trinajstić information content (AvgIpc) is 3.30. The van der Waals surface area contributed by atoms with Gasteiger partial charge in [0.15, 0.2) is 0 Å². The van der Waals surface area contributed by atoms with Gasteiger partial charge in [-0.3, -0.25) is 4.79 Å². The first kappa shape index (κ1) is 21.5. The third-order valence-electron chi connectivity index (χ3n) is 6.03. The van der Waals surface area contributed by atoms with E-state index in [2.05, 4.69) is 21.7 Å².